The molecular weight excluding hydrogens is 270 g/mol. The molecule has 1 rings (SSSR count). The smallest absolute Gasteiger partial charge is 0.273 e. The SMILES string of the molecule is CN(C)C(=O)CN(C)C(=O)c1ncccc1C#CCCO. The third-order valence-corrected chi connectivity index (χ3v) is 2.69. The zero-order chi connectivity index (χ0) is 15.8. The molecule has 0 aliphatic rings. The molecule has 1 heterocycles. The van der Waals surface area contributed by atoms with Crippen LogP contribution in [-0.2, 0) is 4.79 Å². The van der Waals surface area contributed by atoms with Gasteiger partial charge in [-0.05, 0) is 12.1 Å². The highest BCUT2D eigenvalue weighted by Crippen LogP contribution is 2.07. The lowest BCUT2D eigenvalue weighted by Gasteiger charge is -2.19. The van der Waals surface area contributed by atoms with Crippen LogP contribution in [0.15, 0.2) is 18.3 Å². The summed E-state index contributed by atoms with van der Waals surface area (Å²) in [4.78, 5) is 30.8. The minimum atomic E-state index is -0.362. The largest absolute Gasteiger partial charge is 0.395 e. The second-order valence-corrected chi connectivity index (χ2v) is 4.62. The summed E-state index contributed by atoms with van der Waals surface area (Å²) in [5.74, 6) is 5.04. The Morgan fingerprint density at radius 3 is 2.67 bits per heavy atom. The molecule has 1 N–H and O–H groups in total. The van der Waals surface area contributed by atoms with Gasteiger partial charge in [-0.1, -0.05) is 11.8 Å². The Morgan fingerprint density at radius 1 is 1.33 bits per heavy atom. The van der Waals surface area contributed by atoms with E-state index in [1.165, 1.54) is 16.0 Å². The van der Waals surface area contributed by atoms with Crippen LogP contribution >= 0.6 is 0 Å². The maximum absolute atomic E-state index is 12.3. The number of amides is 2. The molecule has 0 radical (unpaired) electrons. The van der Waals surface area contributed by atoms with E-state index >= 15 is 0 Å². The van der Waals surface area contributed by atoms with Gasteiger partial charge in [0, 0.05) is 33.8 Å². The van der Waals surface area contributed by atoms with Crippen molar-refractivity contribution in [3.63, 3.8) is 0 Å². The number of hydrogen-bond acceptors (Lipinski definition) is 4. The fraction of sp³-hybridized carbons (Fsp3) is 0.400. The van der Waals surface area contributed by atoms with E-state index in [0.29, 0.717) is 12.0 Å². The molecule has 2 amide bonds. The van der Waals surface area contributed by atoms with E-state index in [2.05, 4.69) is 16.8 Å². The number of aromatic nitrogens is 1. The molecule has 112 valence electrons. The van der Waals surface area contributed by atoms with E-state index in [0.717, 1.165) is 0 Å². The van der Waals surface area contributed by atoms with Crippen LogP contribution in [0.3, 0.4) is 0 Å². The van der Waals surface area contributed by atoms with E-state index < -0.39 is 0 Å². The first-order chi connectivity index (χ1) is 9.97. The standard InChI is InChI=1S/C15H19N3O3/c1-17(2)13(20)11-18(3)15(21)14-12(7-4-5-10-19)8-6-9-16-14/h6,8-9,19H,5,10-11H2,1-3H3. The molecule has 0 aliphatic carbocycles. The predicted molar refractivity (Wildman–Crippen MR) is 78.5 cm³/mol. The summed E-state index contributed by atoms with van der Waals surface area (Å²) in [5.41, 5.74) is 0.692. The Kier molecular flexibility index (Phi) is 6.37. The summed E-state index contributed by atoms with van der Waals surface area (Å²) in [6.45, 7) is -0.0559. The van der Waals surface area contributed by atoms with Gasteiger partial charge in [-0.25, -0.2) is 4.98 Å². The van der Waals surface area contributed by atoms with Crippen molar-refractivity contribution in [3.8, 4) is 11.8 Å². The van der Waals surface area contributed by atoms with Crippen LogP contribution in [-0.4, -0.2) is 66.0 Å². The monoisotopic (exact) mass is 289 g/mol. The maximum atomic E-state index is 12.3. The molecule has 1 aromatic rings. The molecule has 0 spiro atoms. The lowest BCUT2D eigenvalue weighted by molar-refractivity contribution is -0.129. The quantitative estimate of drug-likeness (QED) is 0.790. The molecule has 0 unspecified atom stereocenters. The molecule has 0 saturated carbocycles. The van der Waals surface area contributed by atoms with Crippen molar-refractivity contribution in [3.05, 3.63) is 29.6 Å². The van der Waals surface area contributed by atoms with Crippen LogP contribution in [0.4, 0.5) is 0 Å². The van der Waals surface area contributed by atoms with Crippen molar-refractivity contribution in [1.29, 1.82) is 0 Å². The number of hydrogen-bond donors (Lipinski definition) is 1. The molecule has 0 aliphatic heterocycles. The summed E-state index contributed by atoms with van der Waals surface area (Å²) in [6.07, 6.45) is 1.84. The highest BCUT2D eigenvalue weighted by molar-refractivity contribution is 5.96. The third kappa shape index (κ3) is 4.89. The van der Waals surface area contributed by atoms with Gasteiger partial charge in [-0.2, -0.15) is 0 Å². The molecule has 0 bridgehead atoms. The highest BCUT2D eigenvalue weighted by atomic mass is 16.2. The Hall–Kier alpha value is -2.39. The van der Waals surface area contributed by atoms with Crippen molar-refractivity contribution in [2.75, 3.05) is 34.3 Å². The molecule has 0 atom stereocenters. The minimum absolute atomic E-state index is 0.0219. The molecule has 6 nitrogen and oxygen atoms in total. The van der Waals surface area contributed by atoms with Gasteiger partial charge in [0.05, 0.1) is 18.7 Å². The summed E-state index contributed by atoms with van der Waals surface area (Å²) in [5, 5.41) is 8.73. The van der Waals surface area contributed by atoms with Crippen molar-refractivity contribution < 1.29 is 14.7 Å². The second kappa shape index (κ2) is 8.02. The first kappa shape index (κ1) is 16.7. The van der Waals surface area contributed by atoms with E-state index in [-0.39, 0.29) is 30.7 Å². The van der Waals surface area contributed by atoms with Crippen LogP contribution in [0.25, 0.3) is 0 Å². The van der Waals surface area contributed by atoms with Gasteiger partial charge in [0.25, 0.3) is 5.91 Å². The number of aliphatic hydroxyl groups is 1. The Balaban J connectivity index is 2.92. The summed E-state index contributed by atoms with van der Waals surface area (Å²) < 4.78 is 0. The number of nitrogens with zero attached hydrogens (tertiary/aromatic N) is 3. The zero-order valence-electron chi connectivity index (χ0n) is 12.5. The maximum Gasteiger partial charge on any atom is 0.273 e. The Bertz CT molecular complexity index is 573. The highest BCUT2D eigenvalue weighted by Gasteiger charge is 2.19. The second-order valence-electron chi connectivity index (χ2n) is 4.62. The molecule has 0 saturated heterocycles. The number of likely N-dealkylation sites (N-methyl/N-ethyl adjacent to an activating group) is 2. The average Bonchev–Trinajstić information content (AvgIpc) is 2.47. The Labute approximate surface area is 124 Å². The van der Waals surface area contributed by atoms with Crippen molar-refractivity contribution in [2.24, 2.45) is 0 Å². The minimum Gasteiger partial charge on any atom is -0.395 e. The average molecular weight is 289 g/mol. The van der Waals surface area contributed by atoms with Gasteiger partial charge in [0.1, 0.15) is 5.69 Å². The number of aliphatic hydroxyl groups excluding tert-OH is 1. The fourth-order valence-electron chi connectivity index (χ4n) is 1.49. The van der Waals surface area contributed by atoms with E-state index in [1.54, 1.807) is 33.3 Å². The van der Waals surface area contributed by atoms with Gasteiger partial charge >= 0.3 is 0 Å². The number of pyridine rings is 1. The van der Waals surface area contributed by atoms with E-state index in [4.69, 9.17) is 5.11 Å². The topological polar surface area (TPSA) is 73.7 Å². The van der Waals surface area contributed by atoms with Crippen LogP contribution in [0.1, 0.15) is 22.5 Å². The van der Waals surface area contributed by atoms with E-state index in [9.17, 15) is 9.59 Å². The molecule has 21 heavy (non-hydrogen) atoms. The van der Waals surface area contributed by atoms with Gasteiger partial charge < -0.3 is 14.9 Å². The first-order valence-electron chi connectivity index (χ1n) is 6.47. The van der Waals surface area contributed by atoms with Gasteiger partial charge in [0.2, 0.25) is 5.91 Å². The molecule has 0 aromatic carbocycles. The number of rotatable bonds is 4. The number of carbonyl (C=O) groups excluding carboxylic acids is 2. The van der Waals surface area contributed by atoms with Crippen LogP contribution in [0, 0.1) is 11.8 Å². The van der Waals surface area contributed by atoms with Gasteiger partial charge in [-0.15, -0.1) is 0 Å². The summed E-state index contributed by atoms with van der Waals surface area (Å²) in [6, 6.07) is 3.37. The fourth-order valence-corrected chi connectivity index (χ4v) is 1.49. The Morgan fingerprint density at radius 2 is 2.05 bits per heavy atom. The third-order valence-electron chi connectivity index (χ3n) is 2.69. The van der Waals surface area contributed by atoms with Crippen LogP contribution in [0.2, 0.25) is 0 Å². The zero-order valence-corrected chi connectivity index (χ0v) is 12.5. The predicted octanol–water partition coefficient (Wildman–Crippen LogP) is -0.0243. The lowest BCUT2D eigenvalue weighted by atomic mass is 10.1. The molecular formula is C15H19N3O3. The molecule has 0 fully saturated rings. The van der Waals surface area contributed by atoms with E-state index in [1.807, 2.05) is 0 Å². The first-order valence-corrected chi connectivity index (χ1v) is 6.47. The van der Waals surface area contributed by atoms with Crippen molar-refractivity contribution in [2.45, 2.75) is 6.42 Å². The van der Waals surface area contributed by atoms with Gasteiger partial charge in [0.15, 0.2) is 0 Å². The van der Waals surface area contributed by atoms with Crippen LogP contribution < -0.4 is 0 Å². The van der Waals surface area contributed by atoms with Crippen molar-refractivity contribution in [1.82, 2.24) is 14.8 Å². The molecule has 6 heteroatoms. The van der Waals surface area contributed by atoms with Crippen LogP contribution in [0.5, 0.6) is 0 Å². The summed E-state index contributed by atoms with van der Waals surface area (Å²) in [7, 11) is 4.81. The van der Waals surface area contributed by atoms with Gasteiger partial charge in [-0.3, -0.25) is 9.59 Å². The molecule has 1 aromatic heterocycles. The lowest BCUT2D eigenvalue weighted by Crippen LogP contribution is -2.38. The number of carbonyl (C=O) groups is 2. The normalized spacial score (nSPS) is 9.52. The summed E-state index contributed by atoms with van der Waals surface area (Å²) >= 11 is 0. The van der Waals surface area contributed by atoms with Crippen molar-refractivity contribution >= 4 is 11.8 Å².